The van der Waals surface area contributed by atoms with Crippen molar-refractivity contribution in [3.8, 4) is 11.5 Å². The molecule has 0 aliphatic carbocycles. The van der Waals surface area contributed by atoms with Gasteiger partial charge < -0.3 is 60.7 Å². The number of aliphatic imine (C=N–C) groups is 8. The van der Waals surface area contributed by atoms with Crippen molar-refractivity contribution in [2.75, 3.05) is 60.1 Å². The van der Waals surface area contributed by atoms with Crippen LogP contribution < -0.4 is 46.1 Å². The van der Waals surface area contributed by atoms with Crippen LogP contribution in [0.2, 0.25) is 0 Å². The molecule has 0 radical (unpaired) electrons. The fraction of sp³-hybridized carbons (Fsp3) is 0.253. The van der Waals surface area contributed by atoms with E-state index in [1.54, 1.807) is 18.2 Å². The number of allylic oxidation sites excluding steroid dienone is 11. The third-order valence-electron chi connectivity index (χ3n) is 18.5. The predicted octanol–water partition coefficient (Wildman–Crippen LogP) is 8.38. The summed E-state index contributed by atoms with van der Waals surface area (Å²) in [6, 6.07) is 30.2. The number of aryl methyl sites for hydroxylation is 2. The number of aliphatic hydroxyl groups is 5. The third kappa shape index (κ3) is 19.8. The lowest BCUT2D eigenvalue weighted by Crippen LogP contribution is -2.54. The van der Waals surface area contributed by atoms with E-state index in [1.807, 2.05) is 194 Å². The number of guanidine groups is 2. The summed E-state index contributed by atoms with van der Waals surface area (Å²) in [6.07, 6.45) is 31.7. The van der Waals surface area contributed by atoms with Crippen LogP contribution in [-0.4, -0.2) is 177 Å². The van der Waals surface area contributed by atoms with Crippen LogP contribution in [0.25, 0.3) is 38.5 Å². The van der Waals surface area contributed by atoms with Gasteiger partial charge in [0.05, 0.1) is 64.5 Å². The monoisotopic (exact) mass is 1500 g/mol. The lowest BCUT2D eigenvalue weighted by molar-refractivity contribution is -0.671. The standard InChI is InChI=1S/C83H87N19O9/c1-100-39-29-51(30-40-100)74-61-21-23-63(94-61)75(52-31-41-101(2)42-32-52)65-25-27-67(96-65)77(68-28-26-66(97-68)76(64-24-22-62(74)95-64)53-33-43-102(3)44-34-53)54-45-55(47-56(46-54)111-50-73(105)99-70(81(108)109-4)20-14-38-91-83(86)87)110-49-72(104)98-69(19-13-37-90-82(84)85)79(106)92-48-71(103)88-35-11-5-6-12-36-89-80(107)78-57-15-7-9-17-59(57)93-60-18-10-8-16-58(60)78/h7-10,15-18,21-34,39-47,69-70H,5-6,11-14,19-20,35-38,48-50H2,1-4H3,(H12-2,84,85,86,87,88,89,90,91,92,94,95,96,97,98,99,103,104,105,106,107)/p+3/t69-,70-/m0/s1. The summed E-state index contributed by atoms with van der Waals surface area (Å²) >= 11 is 0. The highest BCUT2D eigenvalue weighted by Crippen LogP contribution is 2.40. The van der Waals surface area contributed by atoms with Gasteiger partial charge in [-0.2, -0.15) is 0 Å². The van der Waals surface area contributed by atoms with Gasteiger partial charge in [0.25, 0.3) is 0 Å². The van der Waals surface area contributed by atoms with Crippen molar-refractivity contribution in [2.24, 2.45) is 65.5 Å². The molecule has 5 aliphatic rings. The highest BCUT2D eigenvalue weighted by Gasteiger charge is 2.30. The first-order valence-corrected chi connectivity index (χ1v) is 36.5. The number of esters is 1. The molecule has 568 valence electrons. The van der Waals surface area contributed by atoms with E-state index in [2.05, 4.69) is 52.7 Å². The maximum atomic E-state index is 13.0. The van der Waals surface area contributed by atoms with Crippen molar-refractivity contribution < 1.29 is 59.1 Å². The van der Waals surface area contributed by atoms with Crippen LogP contribution in [-0.2, 0) is 23.6 Å². The minimum Gasteiger partial charge on any atom is -0.495 e. The Bertz CT molecular complexity index is 5220. The zero-order chi connectivity index (χ0) is 77.9. The number of pyridine rings is 3. The number of hydrogen-bond acceptors (Lipinski definition) is 15. The van der Waals surface area contributed by atoms with Crippen LogP contribution in [0.15, 0.2) is 257 Å². The topological polar surface area (TPSA) is 410 Å². The molecule has 28 heteroatoms. The van der Waals surface area contributed by atoms with Gasteiger partial charge in [-0.05, 0) is 146 Å². The predicted molar refractivity (Wildman–Crippen MR) is 434 cm³/mol. The molecular formula is C83H90N19O9+3. The number of H-pyrrole nitrogens is 1. The third-order valence-corrected chi connectivity index (χ3v) is 18.5. The molecule has 28 nitrogen and oxygen atoms in total. The molecule has 0 saturated heterocycles. The van der Waals surface area contributed by atoms with E-state index >= 15 is 0 Å². The molecule has 0 unspecified atom stereocenters. The van der Waals surface area contributed by atoms with Crippen molar-refractivity contribution in [1.82, 2.24) is 25.5 Å². The number of fused-ring (bicyclic) bond motifs is 7. The van der Waals surface area contributed by atoms with E-state index in [0.717, 1.165) is 68.1 Å². The molecule has 4 aromatic heterocycles. The van der Waals surface area contributed by atoms with Gasteiger partial charge in [0, 0.05) is 114 Å². The van der Waals surface area contributed by atoms with E-state index < -0.39 is 49.0 Å². The number of nitrogens with zero attached hydrogens (tertiary/aromatic N) is 12. The second-order valence-corrected chi connectivity index (χ2v) is 26.7. The minimum atomic E-state index is -1.14. The molecule has 7 aromatic rings. The maximum Gasteiger partial charge on any atom is 0.338 e. The largest absolute Gasteiger partial charge is 0.495 e. The SMILES string of the molecule is COC(=O)[C@H](CCCNC(=N)N)N=C(O)COc1cc(OCC(O)=N[C@@H](CCCNC(N)=[NH2+])C(O)=NCC(O)=NCCCCCCN=C(O)c2c3ccccc3nc3ccccc23)cc(C2=C3C=CC(=N3)C(=C3C=CN(C)C=C3)C3=NC(=C(c4cc[n+](C)cc4)C4=NC(=C(c5cc[n+](C)cc5)c5ccc2[nH]5)C=C4)C=C3)c1. The van der Waals surface area contributed by atoms with E-state index in [0.29, 0.717) is 101 Å². The van der Waals surface area contributed by atoms with Gasteiger partial charge in [-0.15, -0.1) is 0 Å². The summed E-state index contributed by atoms with van der Waals surface area (Å²) in [5, 5.41) is 77.3. The maximum absolute atomic E-state index is 13.0. The number of unbranched alkanes of at least 4 members (excludes halogenated alkanes) is 3. The first-order valence-electron chi connectivity index (χ1n) is 36.5. The molecule has 2 atom stereocenters. The van der Waals surface area contributed by atoms with Gasteiger partial charge in [-0.3, -0.25) is 31.9 Å². The molecule has 5 aliphatic heterocycles. The summed E-state index contributed by atoms with van der Waals surface area (Å²) < 4.78 is 21.8. The number of methoxy groups -OCH3 is 1. The Morgan fingerprint density at radius 2 is 1.08 bits per heavy atom. The lowest BCUT2D eigenvalue weighted by atomic mass is 9.97. The van der Waals surface area contributed by atoms with E-state index in [-0.39, 0.29) is 67.7 Å². The lowest BCUT2D eigenvalue weighted by Gasteiger charge is -2.17. The summed E-state index contributed by atoms with van der Waals surface area (Å²) in [5.74, 6) is -2.57. The summed E-state index contributed by atoms with van der Waals surface area (Å²) in [6.45, 7) is -0.197. The normalized spacial score (nSPS) is 15.8. The van der Waals surface area contributed by atoms with E-state index in [9.17, 15) is 30.3 Å². The number of benzene rings is 3. The van der Waals surface area contributed by atoms with E-state index in [4.69, 9.17) is 56.5 Å². The summed E-state index contributed by atoms with van der Waals surface area (Å²) in [7, 11) is 7.10. The van der Waals surface area contributed by atoms with Crippen molar-refractivity contribution >= 4 is 103 Å². The number of hydrogen-bond donors (Lipinski definition) is 12. The van der Waals surface area contributed by atoms with Crippen LogP contribution >= 0.6 is 0 Å². The fourth-order valence-corrected chi connectivity index (χ4v) is 13.1. The number of carbonyl (C=O) groups is 1. The molecule has 15 N–H and O–H groups in total. The number of nitrogens with two attached hydrogens (primary N) is 3. The van der Waals surface area contributed by atoms with Crippen LogP contribution in [0.4, 0.5) is 0 Å². The van der Waals surface area contributed by atoms with E-state index in [1.165, 1.54) is 7.11 Å². The quantitative estimate of drug-likeness (QED) is 0.00485. The Kier molecular flexibility index (Phi) is 25.2. The molecule has 12 rings (SSSR count). The second-order valence-electron chi connectivity index (χ2n) is 26.7. The Balaban J connectivity index is 0.855. The van der Waals surface area contributed by atoms with Gasteiger partial charge in [-0.1, -0.05) is 49.2 Å². The number of nitrogens with one attached hydrogen (secondary N) is 4. The molecule has 3 aromatic carbocycles. The highest BCUT2D eigenvalue weighted by atomic mass is 16.5. The van der Waals surface area contributed by atoms with Crippen LogP contribution in [0, 0.1) is 5.41 Å². The molecule has 0 spiro atoms. The fourth-order valence-electron chi connectivity index (χ4n) is 13.1. The zero-order valence-corrected chi connectivity index (χ0v) is 62.1. The number of aliphatic hydroxyl groups excluding tert-OH is 5. The molecule has 111 heavy (non-hydrogen) atoms. The number of carbonyl (C=O) groups excluding carboxylic acids is 1. The minimum absolute atomic E-state index is 0.00922. The van der Waals surface area contributed by atoms with Gasteiger partial charge >= 0.3 is 11.9 Å². The van der Waals surface area contributed by atoms with Gasteiger partial charge in [0.2, 0.25) is 29.5 Å². The average molecular weight is 1500 g/mol. The Morgan fingerprint density at radius 3 is 1.63 bits per heavy atom. The molecule has 0 fully saturated rings. The van der Waals surface area contributed by atoms with Crippen LogP contribution in [0.3, 0.4) is 0 Å². The van der Waals surface area contributed by atoms with Crippen molar-refractivity contribution in [2.45, 2.75) is 63.5 Å². The van der Waals surface area contributed by atoms with Gasteiger partial charge in [-0.25, -0.2) is 48.9 Å². The Labute approximate surface area is 641 Å². The molecule has 0 saturated carbocycles. The molecule has 8 bridgehead atoms. The summed E-state index contributed by atoms with van der Waals surface area (Å²) in [5.41, 5.74) is 24.7. The highest BCUT2D eigenvalue weighted by molar-refractivity contribution is 6.36. The first kappa shape index (κ1) is 77.0. The van der Waals surface area contributed by atoms with Crippen molar-refractivity contribution in [3.63, 3.8) is 0 Å². The zero-order valence-electron chi connectivity index (χ0n) is 62.1. The van der Waals surface area contributed by atoms with Gasteiger partial charge in [0.1, 0.15) is 38.2 Å². The number of ether oxygens (including phenoxy) is 3. The number of rotatable bonds is 31. The van der Waals surface area contributed by atoms with Crippen molar-refractivity contribution in [1.29, 1.82) is 5.41 Å². The Morgan fingerprint density at radius 1 is 0.586 bits per heavy atom. The smallest absolute Gasteiger partial charge is 0.338 e. The second kappa shape index (κ2) is 36.3. The summed E-state index contributed by atoms with van der Waals surface area (Å²) in [4.78, 5) is 61.7. The molecule has 0 amide bonds. The van der Waals surface area contributed by atoms with Gasteiger partial charge in [0.15, 0.2) is 50.0 Å². The Hall–Kier alpha value is -13.7. The number of aromatic nitrogens is 4. The first-order chi connectivity index (χ1) is 53.8. The molecule has 9 heterocycles. The molecular weight excluding hydrogens is 1410 g/mol. The van der Waals surface area contributed by atoms with Crippen LogP contribution in [0.1, 0.15) is 85.0 Å². The van der Waals surface area contributed by atoms with Crippen LogP contribution in [0.5, 0.6) is 11.5 Å². The number of aromatic amines is 1. The van der Waals surface area contributed by atoms with Crippen molar-refractivity contribution in [3.05, 3.63) is 251 Å². The number of para-hydroxylation sites is 2. The average Bonchev–Trinajstić information content (AvgIpc) is 1.60.